The zero-order valence-electron chi connectivity index (χ0n) is 16.9. The Morgan fingerprint density at radius 1 is 1.17 bits per heavy atom. The summed E-state index contributed by atoms with van der Waals surface area (Å²) < 4.78 is 46.6. The Bertz CT molecular complexity index is 945. The summed E-state index contributed by atoms with van der Waals surface area (Å²) in [7, 11) is -3.97. The maximum absolute atomic E-state index is 13.4. The molecule has 2 N–H and O–H groups in total. The van der Waals surface area contributed by atoms with E-state index >= 15 is 0 Å². The first-order valence-electron chi connectivity index (χ1n) is 9.44. The molecule has 8 heteroatoms. The van der Waals surface area contributed by atoms with Gasteiger partial charge in [0, 0.05) is 19.8 Å². The van der Waals surface area contributed by atoms with E-state index in [1.807, 2.05) is 0 Å². The maximum Gasteiger partial charge on any atom is 0.261 e. The number of anilines is 1. The number of hydrogen-bond acceptors (Lipinski definition) is 4. The van der Waals surface area contributed by atoms with Crippen LogP contribution in [0.1, 0.15) is 36.2 Å². The highest BCUT2D eigenvalue weighted by molar-refractivity contribution is 7.92. The largest absolute Gasteiger partial charge is 0.381 e. The van der Waals surface area contributed by atoms with Gasteiger partial charge in [-0.1, -0.05) is 26.0 Å². The predicted octanol–water partition coefficient (Wildman–Crippen LogP) is 3.73. The summed E-state index contributed by atoms with van der Waals surface area (Å²) >= 11 is 0. The number of amides is 1. The Hall–Kier alpha value is -2.45. The molecule has 0 radical (unpaired) electrons. The average Bonchev–Trinajstić information content (AvgIpc) is 2.66. The van der Waals surface area contributed by atoms with Crippen LogP contribution in [0, 0.1) is 18.7 Å². The predicted molar refractivity (Wildman–Crippen MR) is 111 cm³/mol. The fourth-order valence-electron chi connectivity index (χ4n) is 2.55. The van der Waals surface area contributed by atoms with E-state index in [1.54, 1.807) is 18.2 Å². The first-order chi connectivity index (χ1) is 13.7. The zero-order valence-corrected chi connectivity index (χ0v) is 17.7. The standard InChI is InChI=1S/C21H27FN2O4S/c1-15(2)14-28-12-6-11-23-21(25)18-7-4-5-8-20(18)24-29(26,27)17-9-10-19(22)16(3)13-17/h4-5,7-10,13,15,24H,6,11-12,14H2,1-3H3,(H,23,25). The van der Waals surface area contributed by atoms with Gasteiger partial charge in [-0.3, -0.25) is 9.52 Å². The van der Waals surface area contributed by atoms with Crippen LogP contribution in [0.25, 0.3) is 0 Å². The van der Waals surface area contributed by atoms with Crippen LogP contribution in [0.5, 0.6) is 0 Å². The first kappa shape index (κ1) is 22.8. The molecule has 0 unspecified atom stereocenters. The summed E-state index contributed by atoms with van der Waals surface area (Å²) in [5, 5.41) is 2.77. The van der Waals surface area contributed by atoms with Gasteiger partial charge in [0.05, 0.1) is 16.1 Å². The lowest BCUT2D eigenvalue weighted by Gasteiger charge is -2.13. The normalized spacial score (nSPS) is 11.5. The van der Waals surface area contributed by atoms with Crippen molar-refractivity contribution in [3.05, 3.63) is 59.4 Å². The van der Waals surface area contributed by atoms with Gasteiger partial charge in [0.1, 0.15) is 5.82 Å². The van der Waals surface area contributed by atoms with E-state index in [4.69, 9.17) is 4.74 Å². The third kappa shape index (κ3) is 6.83. The number of benzene rings is 2. The van der Waals surface area contributed by atoms with Crippen LogP contribution >= 0.6 is 0 Å². The minimum Gasteiger partial charge on any atom is -0.381 e. The summed E-state index contributed by atoms with van der Waals surface area (Å²) in [5.41, 5.74) is 0.583. The van der Waals surface area contributed by atoms with E-state index in [2.05, 4.69) is 23.9 Å². The highest BCUT2D eigenvalue weighted by Gasteiger charge is 2.19. The van der Waals surface area contributed by atoms with Crippen LogP contribution in [0.15, 0.2) is 47.4 Å². The number of carbonyl (C=O) groups excluding carboxylic acids is 1. The summed E-state index contributed by atoms with van der Waals surface area (Å²) in [4.78, 5) is 12.4. The molecule has 0 aromatic heterocycles. The van der Waals surface area contributed by atoms with Gasteiger partial charge in [0.25, 0.3) is 15.9 Å². The molecule has 0 fully saturated rings. The van der Waals surface area contributed by atoms with Gasteiger partial charge in [0.15, 0.2) is 0 Å². The summed E-state index contributed by atoms with van der Waals surface area (Å²) in [6.45, 7) is 7.23. The minimum atomic E-state index is -3.97. The van der Waals surface area contributed by atoms with Crippen molar-refractivity contribution in [3.63, 3.8) is 0 Å². The molecule has 2 rings (SSSR count). The second-order valence-corrected chi connectivity index (χ2v) is 8.82. The van der Waals surface area contributed by atoms with Gasteiger partial charge in [-0.05, 0) is 55.2 Å². The molecule has 1 amide bonds. The lowest BCUT2D eigenvalue weighted by atomic mass is 10.1. The van der Waals surface area contributed by atoms with Crippen molar-refractivity contribution in [2.24, 2.45) is 5.92 Å². The van der Waals surface area contributed by atoms with Gasteiger partial charge in [-0.15, -0.1) is 0 Å². The molecule has 0 bridgehead atoms. The maximum atomic E-state index is 13.4. The van der Waals surface area contributed by atoms with Gasteiger partial charge in [0.2, 0.25) is 0 Å². The molecule has 0 saturated heterocycles. The first-order valence-corrected chi connectivity index (χ1v) is 10.9. The third-order valence-electron chi connectivity index (χ3n) is 4.06. The van der Waals surface area contributed by atoms with Gasteiger partial charge >= 0.3 is 0 Å². The fraction of sp³-hybridized carbons (Fsp3) is 0.381. The van der Waals surface area contributed by atoms with Crippen molar-refractivity contribution < 1.29 is 22.3 Å². The van der Waals surface area contributed by atoms with E-state index in [0.717, 1.165) is 6.07 Å². The van der Waals surface area contributed by atoms with E-state index in [0.29, 0.717) is 32.1 Å². The number of halogens is 1. The number of rotatable bonds is 10. The Labute approximate surface area is 171 Å². The Morgan fingerprint density at radius 3 is 2.59 bits per heavy atom. The van der Waals surface area contributed by atoms with Crippen molar-refractivity contribution in [1.82, 2.24) is 5.32 Å². The van der Waals surface area contributed by atoms with Crippen molar-refractivity contribution in [3.8, 4) is 0 Å². The van der Waals surface area contributed by atoms with Crippen LogP contribution in [-0.4, -0.2) is 34.1 Å². The summed E-state index contributed by atoms with van der Waals surface area (Å²) in [6.07, 6.45) is 0.654. The van der Waals surface area contributed by atoms with Crippen molar-refractivity contribution >= 4 is 21.6 Å². The van der Waals surface area contributed by atoms with E-state index < -0.39 is 15.8 Å². The summed E-state index contributed by atoms with van der Waals surface area (Å²) in [5.74, 6) is -0.419. The molecule has 2 aromatic rings. The Balaban J connectivity index is 2.04. The topological polar surface area (TPSA) is 84.5 Å². The van der Waals surface area contributed by atoms with Crippen LogP contribution in [0.2, 0.25) is 0 Å². The monoisotopic (exact) mass is 422 g/mol. The molecule has 29 heavy (non-hydrogen) atoms. The summed E-state index contributed by atoms with van der Waals surface area (Å²) in [6, 6.07) is 9.86. The van der Waals surface area contributed by atoms with Gasteiger partial charge in [-0.25, -0.2) is 12.8 Å². The van der Waals surface area contributed by atoms with Crippen LogP contribution in [0.4, 0.5) is 10.1 Å². The number of carbonyl (C=O) groups is 1. The quantitative estimate of drug-likeness (QED) is 0.572. The molecular formula is C21H27FN2O4S. The number of nitrogens with one attached hydrogen (secondary N) is 2. The molecule has 0 atom stereocenters. The molecule has 158 valence electrons. The van der Waals surface area contributed by atoms with Crippen molar-refractivity contribution in [1.29, 1.82) is 0 Å². The number of ether oxygens (including phenoxy) is 1. The highest BCUT2D eigenvalue weighted by Crippen LogP contribution is 2.21. The van der Waals surface area contributed by atoms with Gasteiger partial charge in [-0.2, -0.15) is 0 Å². The van der Waals surface area contributed by atoms with Gasteiger partial charge < -0.3 is 10.1 Å². The molecule has 0 spiro atoms. The second-order valence-electron chi connectivity index (χ2n) is 7.14. The molecule has 6 nitrogen and oxygen atoms in total. The lowest BCUT2D eigenvalue weighted by molar-refractivity contribution is 0.0925. The second kappa shape index (κ2) is 10.4. The van der Waals surface area contributed by atoms with Crippen molar-refractivity contribution in [2.45, 2.75) is 32.1 Å². The van der Waals surface area contributed by atoms with Crippen LogP contribution < -0.4 is 10.0 Å². The smallest absolute Gasteiger partial charge is 0.261 e. The SMILES string of the molecule is Cc1cc(S(=O)(=O)Nc2ccccc2C(=O)NCCCOCC(C)C)ccc1F. The average molecular weight is 423 g/mol. The number of hydrogen-bond donors (Lipinski definition) is 2. The van der Waals surface area contributed by atoms with Crippen LogP contribution in [-0.2, 0) is 14.8 Å². The zero-order chi connectivity index (χ0) is 21.4. The Kier molecular flexibility index (Phi) is 8.16. The van der Waals surface area contributed by atoms with E-state index in [1.165, 1.54) is 25.1 Å². The number of aryl methyl sites for hydroxylation is 1. The molecule has 2 aromatic carbocycles. The number of sulfonamides is 1. The third-order valence-corrected chi connectivity index (χ3v) is 5.42. The van der Waals surface area contributed by atoms with E-state index in [9.17, 15) is 17.6 Å². The minimum absolute atomic E-state index is 0.0751. The van der Waals surface area contributed by atoms with Crippen molar-refractivity contribution in [2.75, 3.05) is 24.5 Å². The van der Waals surface area contributed by atoms with Crippen LogP contribution in [0.3, 0.4) is 0 Å². The molecular weight excluding hydrogens is 395 g/mol. The Morgan fingerprint density at radius 2 is 1.90 bits per heavy atom. The highest BCUT2D eigenvalue weighted by atomic mass is 32.2. The molecule has 0 aliphatic heterocycles. The molecule has 0 heterocycles. The molecule has 0 saturated carbocycles. The van der Waals surface area contributed by atoms with E-state index in [-0.39, 0.29) is 27.6 Å². The molecule has 0 aliphatic rings. The fourth-order valence-corrected chi connectivity index (χ4v) is 3.71. The lowest BCUT2D eigenvalue weighted by Crippen LogP contribution is -2.27. The molecule has 0 aliphatic carbocycles. The number of para-hydroxylation sites is 1.